The van der Waals surface area contributed by atoms with Gasteiger partial charge in [0.1, 0.15) is 0 Å². The monoisotopic (exact) mass is 346 g/mol. The Morgan fingerprint density at radius 2 is 2.26 bits per heavy atom. The number of Topliss-reactive ketones (excluding diaryl/α,β-unsaturated/α-hetero) is 1. The Hall–Kier alpha value is -1.93. The van der Waals surface area contributed by atoms with Gasteiger partial charge in [-0.05, 0) is 36.6 Å². The summed E-state index contributed by atoms with van der Waals surface area (Å²) in [5, 5.41) is 15.1. The first-order valence-corrected chi connectivity index (χ1v) is 9.16. The van der Waals surface area contributed by atoms with Crippen molar-refractivity contribution in [2.45, 2.75) is 29.6 Å². The van der Waals surface area contributed by atoms with Gasteiger partial charge in [0.05, 0.1) is 12.2 Å². The Labute approximate surface area is 141 Å². The average Bonchev–Trinajstić information content (AvgIpc) is 3.09. The number of hydrogen-bond acceptors (Lipinski definition) is 7. The van der Waals surface area contributed by atoms with Crippen LogP contribution in [0.15, 0.2) is 22.5 Å². The van der Waals surface area contributed by atoms with Gasteiger partial charge in [0, 0.05) is 17.3 Å². The zero-order chi connectivity index (χ0) is 15.8. The van der Waals surface area contributed by atoms with E-state index in [1.807, 2.05) is 0 Å². The summed E-state index contributed by atoms with van der Waals surface area (Å²) in [7, 11) is 0. The molecule has 0 spiro atoms. The van der Waals surface area contributed by atoms with Crippen LogP contribution in [-0.4, -0.2) is 33.7 Å². The molecule has 1 saturated carbocycles. The van der Waals surface area contributed by atoms with Crippen molar-refractivity contribution in [1.82, 2.24) is 10.2 Å². The van der Waals surface area contributed by atoms with Crippen LogP contribution in [0, 0.1) is 0 Å². The highest BCUT2D eigenvalue weighted by atomic mass is 32.2. The third-order valence-electron chi connectivity index (χ3n) is 3.69. The van der Waals surface area contributed by atoms with E-state index in [0.717, 1.165) is 20.7 Å². The molecule has 6 nitrogen and oxygen atoms in total. The molecule has 1 aliphatic carbocycles. The first-order valence-electron chi connectivity index (χ1n) is 7.36. The minimum Gasteiger partial charge on any atom is -0.357 e. The van der Waals surface area contributed by atoms with Gasteiger partial charge in [-0.15, -0.1) is 10.2 Å². The second-order valence-electron chi connectivity index (χ2n) is 5.60. The lowest BCUT2D eigenvalue weighted by Gasteiger charge is -2.02. The molecule has 1 aromatic carbocycles. The molecule has 4 rings (SSSR count). The molecule has 2 heterocycles. The SMILES string of the molecule is O=C1Cc2cc(C(=O)CSc3nnc(NC4CC4)s3)ccc2N1. The molecule has 0 bridgehead atoms. The van der Waals surface area contributed by atoms with E-state index < -0.39 is 0 Å². The van der Waals surface area contributed by atoms with Crippen molar-refractivity contribution in [1.29, 1.82) is 0 Å². The van der Waals surface area contributed by atoms with Crippen molar-refractivity contribution < 1.29 is 9.59 Å². The fourth-order valence-corrected chi connectivity index (χ4v) is 4.07. The average molecular weight is 346 g/mol. The number of nitrogens with zero attached hydrogens (tertiary/aromatic N) is 2. The van der Waals surface area contributed by atoms with Crippen LogP contribution in [-0.2, 0) is 11.2 Å². The summed E-state index contributed by atoms with van der Waals surface area (Å²) in [6.07, 6.45) is 2.72. The number of amides is 1. The molecule has 2 aliphatic rings. The third-order valence-corrected chi connectivity index (χ3v) is 5.68. The Morgan fingerprint density at radius 3 is 3.09 bits per heavy atom. The number of rotatable bonds is 6. The van der Waals surface area contributed by atoms with Gasteiger partial charge in [0.15, 0.2) is 10.1 Å². The number of thioether (sulfide) groups is 1. The number of aromatic nitrogens is 2. The molecule has 2 aromatic rings. The maximum Gasteiger partial charge on any atom is 0.228 e. The zero-order valence-electron chi connectivity index (χ0n) is 12.2. The molecule has 8 heteroatoms. The minimum absolute atomic E-state index is 0.0245. The van der Waals surface area contributed by atoms with Gasteiger partial charge in [-0.1, -0.05) is 23.1 Å². The van der Waals surface area contributed by atoms with Gasteiger partial charge in [-0.3, -0.25) is 9.59 Å². The van der Waals surface area contributed by atoms with Gasteiger partial charge in [-0.2, -0.15) is 0 Å². The van der Waals surface area contributed by atoms with Gasteiger partial charge in [0.2, 0.25) is 11.0 Å². The molecule has 0 atom stereocenters. The van der Waals surface area contributed by atoms with E-state index in [9.17, 15) is 9.59 Å². The van der Waals surface area contributed by atoms with E-state index in [1.165, 1.54) is 35.9 Å². The first kappa shape index (κ1) is 14.6. The van der Waals surface area contributed by atoms with Crippen LogP contribution in [0.2, 0.25) is 0 Å². The molecule has 23 heavy (non-hydrogen) atoms. The van der Waals surface area contributed by atoms with Gasteiger partial charge in [-0.25, -0.2) is 0 Å². The van der Waals surface area contributed by atoms with Crippen molar-refractivity contribution in [2.24, 2.45) is 0 Å². The predicted molar refractivity (Wildman–Crippen MR) is 90.4 cm³/mol. The second kappa shape index (κ2) is 5.93. The summed E-state index contributed by atoms with van der Waals surface area (Å²) in [6.45, 7) is 0. The number of benzene rings is 1. The van der Waals surface area contributed by atoms with E-state index in [-0.39, 0.29) is 11.7 Å². The molecule has 0 saturated heterocycles. The lowest BCUT2D eigenvalue weighted by atomic mass is 10.1. The molecule has 1 aliphatic heterocycles. The van der Waals surface area contributed by atoms with Gasteiger partial charge >= 0.3 is 0 Å². The molecule has 2 N–H and O–H groups in total. The smallest absolute Gasteiger partial charge is 0.228 e. The van der Waals surface area contributed by atoms with Crippen LogP contribution < -0.4 is 10.6 Å². The Kier molecular flexibility index (Phi) is 3.78. The number of fused-ring (bicyclic) bond motifs is 1. The molecule has 0 radical (unpaired) electrons. The normalized spacial score (nSPS) is 16.1. The van der Waals surface area contributed by atoms with E-state index in [4.69, 9.17) is 0 Å². The predicted octanol–water partition coefficient (Wildman–Crippen LogP) is 2.58. The van der Waals surface area contributed by atoms with Gasteiger partial charge < -0.3 is 10.6 Å². The number of hydrogen-bond donors (Lipinski definition) is 2. The maximum atomic E-state index is 12.3. The Balaban J connectivity index is 1.37. The molecule has 1 fully saturated rings. The number of anilines is 2. The van der Waals surface area contributed by atoms with Crippen LogP contribution >= 0.6 is 23.1 Å². The molecule has 1 aromatic heterocycles. The molecule has 1 amide bonds. The number of ketones is 1. The fraction of sp³-hybridized carbons (Fsp3) is 0.333. The van der Waals surface area contributed by atoms with Crippen molar-refractivity contribution >= 4 is 45.6 Å². The summed E-state index contributed by atoms with van der Waals surface area (Å²) >= 11 is 2.88. The molecular weight excluding hydrogens is 332 g/mol. The standard InChI is InChI=1S/C15H14N4O2S2/c20-12(8-1-4-11-9(5-8)6-13(21)17-11)7-22-15-19-18-14(23-15)16-10-2-3-10/h1,4-5,10H,2-3,6-7H2,(H,16,18)(H,17,21). The first-order chi connectivity index (χ1) is 11.2. The highest BCUT2D eigenvalue weighted by Gasteiger charge is 2.23. The highest BCUT2D eigenvalue weighted by Crippen LogP contribution is 2.31. The maximum absolute atomic E-state index is 12.3. The summed E-state index contributed by atoms with van der Waals surface area (Å²) < 4.78 is 0.791. The largest absolute Gasteiger partial charge is 0.357 e. The minimum atomic E-state index is -0.0245. The van der Waals surface area contributed by atoms with E-state index >= 15 is 0 Å². The second-order valence-corrected chi connectivity index (χ2v) is 7.80. The third kappa shape index (κ3) is 3.37. The molecule has 118 valence electrons. The van der Waals surface area contributed by atoms with E-state index in [2.05, 4.69) is 20.8 Å². The topological polar surface area (TPSA) is 84.0 Å². The summed E-state index contributed by atoms with van der Waals surface area (Å²) in [6, 6.07) is 5.90. The summed E-state index contributed by atoms with van der Waals surface area (Å²) in [4.78, 5) is 23.7. The fourth-order valence-electron chi connectivity index (χ4n) is 2.34. The quantitative estimate of drug-likeness (QED) is 0.618. The summed E-state index contributed by atoms with van der Waals surface area (Å²) in [5.74, 6) is 0.325. The zero-order valence-corrected chi connectivity index (χ0v) is 13.8. The number of carbonyl (C=O) groups excluding carboxylic acids is 2. The lowest BCUT2D eigenvalue weighted by Crippen LogP contribution is -2.03. The van der Waals surface area contributed by atoms with Crippen LogP contribution in [0.3, 0.4) is 0 Å². The Morgan fingerprint density at radius 1 is 1.39 bits per heavy atom. The van der Waals surface area contributed by atoms with Crippen molar-refractivity contribution in [3.63, 3.8) is 0 Å². The highest BCUT2D eigenvalue weighted by molar-refractivity contribution is 8.01. The van der Waals surface area contributed by atoms with E-state index in [0.29, 0.717) is 23.8 Å². The van der Waals surface area contributed by atoms with Crippen molar-refractivity contribution in [2.75, 3.05) is 16.4 Å². The van der Waals surface area contributed by atoms with Crippen LogP contribution in [0.25, 0.3) is 0 Å². The van der Waals surface area contributed by atoms with Crippen LogP contribution in [0.1, 0.15) is 28.8 Å². The van der Waals surface area contributed by atoms with E-state index in [1.54, 1.807) is 18.2 Å². The number of carbonyl (C=O) groups is 2. The van der Waals surface area contributed by atoms with Crippen molar-refractivity contribution in [3.8, 4) is 0 Å². The van der Waals surface area contributed by atoms with Gasteiger partial charge in [0.25, 0.3) is 0 Å². The van der Waals surface area contributed by atoms with Crippen LogP contribution in [0.4, 0.5) is 10.8 Å². The summed E-state index contributed by atoms with van der Waals surface area (Å²) in [5.41, 5.74) is 2.32. The number of nitrogens with one attached hydrogen (secondary N) is 2. The molecule has 0 unspecified atom stereocenters. The Bertz CT molecular complexity index is 786. The lowest BCUT2D eigenvalue weighted by molar-refractivity contribution is -0.115. The van der Waals surface area contributed by atoms with Crippen molar-refractivity contribution in [3.05, 3.63) is 29.3 Å². The molecular formula is C15H14N4O2S2. The van der Waals surface area contributed by atoms with Crippen LogP contribution in [0.5, 0.6) is 0 Å².